The summed E-state index contributed by atoms with van der Waals surface area (Å²) in [5.74, 6) is -0.106. The number of aromatic amines is 1. The van der Waals surface area contributed by atoms with E-state index in [4.69, 9.17) is 12.2 Å². The van der Waals surface area contributed by atoms with Gasteiger partial charge in [0.2, 0.25) is 0 Å². The summed E-state index contributed by atoms with van der Waals surface area (Å²) in [6.07, 6.45) is 0. The number of nitrogens with zero attached hydrogens (tertiary/aromatic N) is 2. The van der Waals surface area contributed by atoms with Crippen LogP contribution in [0.3, 0.4) is 0 Å². The molecule has 3 rings (SSSR count). The van der Waals surface area contributed by atoms with Crippen molar-refractivity contribution in [2.24, 2.45) is 7.05 Å². The lowest BCUT2D eigenvalue weighted by Gasteiger charge is -2.19. The molecule has 0 atom stereocenters. The highest BCUT2D eigenvalue weighted by atomic mass is 32.1. The first-order valence-corrected chi connectivity index (χ1v) is 8.32. The summed E-state index contributed by atoms with van der Waals surface area (Å²) in [6.45, 7) is 2.55. The Balaban J connectivity index is 1.94. The third-order valence-corrected chi connectivity index (χ3v) is 4.74. The predicted molar refractivity (Wildman–Crippen MR) is 101 cm³/mol. The van der Waals surface area contributed by atoms with Crippen LogP contribution in [0.2, 0.25) is 0 Å². The Morgan fingerprint density at radius 3 is 2.68 bits per heavy atom. The van der Waals surface area contributed by atoms with Gasteiger partial charge in [0, 0.05) is 26.2 Å². The summed E-state index contributed by atoms with van der Waals surface area (Å²) < 4.78 is 1.71. The molecule has 1 aromatic heterocycles. The average molecular weight is 353 g/mol. The Kier molecular flexibility index (Phi) is 4.55. The second-order valence-corrected chi connectivity index (χ2v) is 6.53. The van der Waals surface area contributed by atoms with Crippen LogP contribution in [0.15, 0.2) is 47.3 Å². The maximum Gasteiger partial charge on any atom is 0.261 e. The number of carbonyl (C=O) groups is 1. The SMILES string of the molecule is Cc1ccccc1CN(C)C(=O)c1ccc2c(=O)n(C)c(=S)[nH]c2c1. The second-order valence-electron chi connectivity index (χ2n) is 6.14. The zero-order chi connectivity index (χ0) is 18.1. The molecule has 3 aromatic rings. The molecular weight excluding hydrogens is 334 g/mol. The Bertz CT molecular complexity index is 1080. The normalized spacial score (nSPS) is 10.8. The van der Waals surface area contributed by atoms with E-state index in [0.717, 1.165) is 11.1 Å². The Hall–Kier alpha value is -2.73. The molecule has 0 saturated carbocycles. The van der Waals surface area contributed by atoms with Crippen LogP contribution in [-0.4, -0.2) is 27.4 Å². The Morgan fingerprint density at radius 2 is 1.96 bits per heavy atom. The summed E-state index contributed by atoms with van der Waals surface area (Å²) in [7, 11) is 3.39. The van der Waals surface area contributed by atoms with Crippen molar-refractivity contribution < 1.29 is 4.79 Å². The quantitative estimate of drug-likeness (QED) is 0.736. The molecule has 128 valence electrons. The number of hydrogen-bond donors (Lipinski definition) is 1. The number of aromatic nitrogens is 2. The molecule has 0 bridgehead atoms. The number of rotatable bonds is 3. The second kappa shape index (κ2) is 6.64. The van der Waals surface area contributed by atoms with E-state index in [-0.39, 0.29) is 11.5 Å². The van der Waals surface area contributed by atoms with Crippen LogP contribution < -0.4 is 5.56 Å². The van der Waals surface area contributed by atoms with Crippen LogP contribution in [0.4, 0.5) is 0 Å². The lowest BCUT2D eigenvalue weighted by Crippen LogP contribution is -2.26. The summed E-state index contributed by atoms with van der Waals surface area (Å²) >= 11 is 5.14. The van der Waals surface area contributed by atoms with E-state index in [1.807, 2.05) is 31.2 Å². The van der Waals surface area contributed by atoms with E-state index in [2.05, 4.69) is 4.98 Å². The predicted octanol–water partition coefficient (Wildman–Crippen LogP) is 3.18. The van der Waals surface area contributed by atoms with Crippen molar-refractivity contribution in [2.75, 3.05) is 7.05 Å². The van der Waals surface area contributed by atoms with E-state index in [1.165, 1.54) is 4.57 Å². The highest BCUT2D eigenvalue weighted by Crippen LogP contribution is 2.15. The van der Waals surface area contributed by atoms with Crippen molar-refractivity contribution in [2.45, 2.75) is 13.5 Å². The lowest BCUT2D eigenvalue weighted by atomic mass is 10.1. The number of fused-ring (bicyclic) bond motifs is 1. The van der Waals surface area contributed by atoms with Gasteiger partial charge >= 0.3 is 0 Å². The van der Waals surface area contributed by atoms with Gasteiger partial charge in [-0.2, -0.15) is 0 Å². The number of nitrogens with one attached hydrogen (secondary N) is 1. The van der Waals surface area contributed by atoms with Gasteiger partial charge in [-0.25, -0.2) is 0 Å². The molecule has 1 amide bonds. The minimum Gasteiger partial charge on any atom is -0.337 e. The van der Waals surface area contributed by atoms with E-state index >= 15 is 0 Å². The van der Waals surface area contributed by atoms with Crippen molar-refractivity contribution in [3.63, 3.8) is 0 Å². The third kappa shape index (κ3) is 3.25. The molecule has 0 aliphatic heterocycles. The summed E-state index contributed by atoms with van der Waals surface area (Å²) in [5.41, 5.74) is 3.16. The topological polar surface area (TPSA) is 58.1 Å². The molecule has 0 saturated heterocycles. The van der Waals surface area contributed by atoms with Gasteiger partial charge in [-0.05, 0) is 48.5 Å². The van der Waals surface area contributed by atoms with E-state index in [1.54, 1.807) is 37.2 Å². The van der Waals surface area contributed by atoms with Crippen LogP contribution in [0, 0.1) is 11.7 Å². The van der Waals surface area contributed by atoms with Gasteiger partial charge in [0.25, 0.3) is 11.5 Å². The standard InChI is InChI=1S/C19H19N3O2S/c1-12-6-4-5-7-14(12)11-21(2)17(23)13-8-9-15-16(10-13)20-19(25)22(3)18(15)24/h4-10H,11H2,1-3H3,(H,20,25). The van der Waals surface area contributed by atoms with Gasteiger partial charge in [-0.1, -0.05) is 24.3 Å². The van der Waals surface area contributed by atoms with Gasteiger partial charge in [0.15, 0.2) is 4.77 Å². The van der Waals surface area contributed by atoms with Crippen molar-refractivity contribution in [3.05, 3.63) is 74.3 Å². The zero-order valence-electron chi connectivity index (χ0n) is 14.4. The molecule has 0 aliphatic rings. The number of aryl methyl sites for hydroxylation is 1. The smallest absolute Gasteiger partial charge is 0.261 e. The Labute approximate surface area is 150 Å². The van der Waals surface area contributed by atoms with Crippen LogP contribution in [0.25, 0.3) is 10.9 Å². The van der Waals surface area contributed by atoms with E-state index < -0.39 is 0 Å². The molecule has 25 heavy (non-hydrogen) atoms. The van der Waals surface area contributed by atoms with E-state index in [9.17, 15) is 9.59 Å². The van der Waals surface area contributed by atoms with Crippen LogP contribution >= 0.6 is 12.2 Å². The van der Waals surface area contributed by atoms with Gasteiger partial charge in [-0.3, -0.25) is 14.2 Å². The first kappa shape index (κ1) is 17.1. The maximum atomic E-state index is 12.7. The first-order valence-electron chi connectivity index (χ1n) is 7.91. The molecule has 0 radical (unpaired) electrons. The largest absolute Gasteiger partial charge is 0.337 e. The van der Waals surface area contributed by atoms with Gasteiger partial charge in [0.05, 0.1) is 10.9 Å². The molecule has 0 aliphatic carbocycles. The molecule has 6 heteroatoms. The average Bonchev–Trinajstić information content (AvgIpc) is 2.60. The first-order chi connectivity index (χ1) is 11.9. The Morgan fingerprint density at radius 1 is 1.24 bits per heavy atom. The van der Waals surface area contributed by atoms with Crippen LogP contribution in [-0.2, 0) is 13.6 Å². The summed E-state index contributed by atoms with van der Waals surface area (Å²) in [4.78, 5) is 29.6. The van der Waals surface area contributed by atoms with Gasteiger partial charge in [0.1, 0.15) is 0 Å². The molecule has 1 heterocycles. The van der Waals surface area contributed by atoms with Crippen molar-refractivity contribution in [1.82, 2.24) is 14.5 Å². The van der Waals surface area contributed by atoms with Gasteiger partial charge in [-0.15, -0.1) is 0 Å². The van der Waals surface area contributed by atoms with Crippen LogP contribution in [0.5, 0.6) is 0 Å². The molecule has 2 aromatic carbocycles. The maximum absolute atomic E-state index is 12.7. The van der Waals surface area contributed by atoms with Crippen LogP contribution in [0.1, 0.15) is 21.5 Å². The summed E-state index contributed by atoms with van der Waals surface area (Å²) in [6, 6.07) is 13.0. The molecule has 1 N–H and O–H groups in total. The number of hydrogen-bond acceptors (Lipinski definition) is 3. The fourth-order valence-electron chi connectivity index (χ4n) is 2.77. The minimum atomic E-state index is -0.175. The van der Waals surface area contributed by atoms with Crippen molar-refractivity contribution in [1.29, 1.82) is 0 Å². The molecular formula is C19H19N3O2S. The fourth-order valence-corrected chi connectivity index (χ4v) is 2.97. The van der Waals surface area contributed by atoms with Crippen molar-refractivity contribution >= 4 is 29.0 Å². The monoisotopic (exact) mass is 353 g/mol. The minimum absolute atomic E-state index is 0.106. The number of carbonyl (C=O) groups excluding carboxylic acids is 1. The highest BCUT2D eigenvalue weighted by Gasteiger charge is 2.14. The summed E-state index contributed by atoms with van der Waals surface area (Å²) in [5, 5.41) is 0.509. The van der Waals surface area contributed by atoms with Crippen molar-refractivity contribution in [3.8, 4) is 0 Å². The fraction of sp³-hybridized carbons (Fsp3) is 0.211. The molecule has 0 unspecified atom stereocenters. The van der Waals surface area contributed by atoms with E-state index in [0.29, 0.717) is 27.8 Å². The molecule has 0 spiro atoms. The molecule has 0 fully saturated rings. The van der Waals surface area contributed by atoms with Gasteiger partial charge < -0.3 is 9.88 Å². The third-order valence-electron chi connectivity index (χ3n) is 4.36. The number of H-pyrrole nitrogens is 1. The lowest BCUT2D eigenvalue weighted by molar-refractivity contribution is 0.0785. The number of amides is 1. The highest BCUT2D eigenvalue weighted by molar-refractivity contribution is 7.71. The number of benzene rings is 2. The molecule has 5 nitrogen and oxygen atoms in total. The zero-order valence-corrected chi connectivity index (χ0v) is 15.2.